The Balaban J connectivity index is 2.87. The summed E-state index contributed by atoms with van der Waals surface area (Å²) in [5.74, 6) is -0.0728. The molecule has 0 fully saturated rings. The topological polar surface area (TPSA) is 46.5 Å². The normalized spacial score (nSPS) is 11.4. The summed E-state index contributed by atoms with van der Waals surface area (Å²) in [7, 11) is 0. The highest BCUT2D eigenvalue weighted by Crippen LogP contribution is 2.25. The summed E-state index contributed by atoms with van der Waals surface area (Å²) >= 11 is 0. The van der Waals surface area contributed by atoms with Gasteiger partial charge in [-0.15, -0.1) is 0 Å². The minimum atomic E-state index is -0.871. The Morgan fingerprint density at radius 3 is 2.41 bits per heavy atom. The second-order valence-corrected chi connectivity index (χ2v) is 5.18. The third kappa shape index (κ3) is 3.22. The minimum absolute atomic E-state index is 0.173. The maximum absolute atomic E-state index is 11.0. The standard InChI is InChI=1S/C14H20O3/c1-9-6-10(2)11(3)12(7-9)17-8-14(4,5)13(15)16/h6-7H,8H2,1-5H3,(H,15,16). The van der Waals surface area contributed by atoms with Gasteiger partial charge in [0.15, 0.2) is 0 Å². The number of carboxylic acids is 1. The summed E-state index contributed by atoms with van der Waals surface area (Å²) < 4.78 is 5.64. The van der Waals surface area contributed by atoms with Crippen molar-refractivity contribution in [1.82, 2.24) is 0 Å². The van der Waals surface area contributed by atoms with Crippen molar-refractivity contribution in [2.45, 2.75) is 34.6 Å². The highest BCUT2D eigenvalue weighted by atomic mass is 16.5. The van der Waals surface area contributed by atoms with Crippen LogP contribution in [-0.2, 0) is 4.79 Å². The van der Waals surface area contributed by atoms with Gasteiger partial charge in [0.25, 0.3) is 0 Å². The molecule has 1 N–H and O–H groups in total. The Bertz CT molecular complexity index is 433. The molecule has 0 aromatic heterocycles. The molecule has 0 saturated carbocycles. The number of hydrogen-bond donors (Lipinski definition) is 1. The summed E-state index contributed by atoms with van der Waals surface area (Å²) in [6.45, 7) is 9.50. The van der Waals surface area contributed by atoms with E-state index in [2.05, 4.69) is 6.07 Å². The van der Waals surface area contributed by atoms with E-state index in [1.807, 2.05) is 26.8 Å². The van der Waals surface area contributed by atoms with Gasteiger partial charge in [-0.3, -0.25) is 4.79 Å². The van der Waals surface area contributed by atoms with E-state index in [0.717, 1.165) is 22.4 Å². The van der Waals surface area contributed by atoms with Crippen LogP contribution in [0.25, 0.3) is 0 Å². The van der Waals surface area contributed by atoms with Crippen molar-refractivity contribution in [3.63, 3.8) is 0 Å². The van der Waals surface area contributed by atoms with Crippen LogP contribution in [0.2, 0.25) is 0 Å². The average Bonchev–Trinajstić information content (AvgIpc) is 2.21. The van der Waals surface area contributed by atoms with E-state index in [0.29, 0.717) is 0 Å². The van der Waals surface area contributed by atoms with Gasteiger partial charge in [-0.25, -0.2) is 0 Å². The maximum Gasteiger partial charge on any atom is 0.312 e. The van der Waals surface area contributed by atoms with Crippen molar-refractivity contribution in [2.75, 3.05) is 6.61 Å². The maximum atomic E-state index is 11.0. The molecule has 0 spiro atoms. The number of aliphatic carboxylic acids is 1. The Labute approximate surface area is 102 Å². The highest BCUT2D eigenvalue weighted by molar-refractivity contribution is 5.73. The van der Waals surface area contributed by atoms with E-state index < -0.39 is 11.4 Å². The Kier molecular flexibility index (Phi) is 3.81. The Morgan fingerprint density at radius 2 is 1.88 bits per heavy atom. The fourth-order valence-electron chi connectivity index (χ4n) is 1.47. The van der Waals surface area contributed by atoms with Gasteiger partial charge in [0, 0.05) is 0 Å². The molecule has 0 bridgehead atoms. The van der Waals surface area contributed by atoms with Crippen LogP contribution in [0.15, 0.2) is 12.1 Å². The van der Waals surface area contributed by atoms with E-state index in [9.17, 15) is 4.79 Å². The molecule has 17 heavy (non-hydrogen) atoms. The van der Waals surface area contributed by atoms with Crippen LogP contribution in [0, 0.1) is 26.2 Å². The molecule has 0 amide bonds. The number of rotatable bonds is 4. The first-order valence-electron chi connectivity index (χ1n) is 5.68. The summed E-state index contributed by atoms with van der Waals surface area (Å²) in [5.41, 5.74) is 2.48. The first-order chi connectivity index (χ1) is 7.74. The lowest BCUT2D eigenvalue weighted by atomic mass is 9.95. The number of carboxylic acid groups (broad SMARTS) is 1. The van der Waals surface area contributed by atoms with Gasteiger partial charge in [0.05, 0.1) is 5.41 Å². The Morgan fingerprint density at radius 1 is 1.29 bits per heavy atom. The SMILES string of the molecule is Cc1cc(C)c(C)c(OCC(C)(C)C(=O)O)c1. The van der Waals surface area contributed by atoms with Gasteiger partial charge in [-0.2, -0.15) is 0 Å². The fraction of sp³-hybridized carbons (Fsp3) is 0.500. The van der Waals surface area contributed by atoms with Crippen molar-refractivity contribution in [2.24, 2.45) is 5.41 Å². The number of aryl methyl sites for hydroxylation is 2. The molecule has 0 heterocycles. The predicted octanol–water partition coefficient (Wildman–Crippen LogP) is 3.10. The summed E-state index contributed by atoms with van der Waals surface area (Å²) in [5, 5.41) is 9.02. The van der Waals surface area contributed by atoms with Crippen molar-refractivity contribution in [3.05, 3.63) is 28.8 Å². The van der Waals surface area contributed by atoms with Crippen LogP contribution < -0.4 is 4.74 Å². The van der Waals surface area contributed by atoms with Gasteiger partial charge in [0.2, 0.25) is 0 Å². The van der Waals surface area contributed by atoms with Gasteiger partial charge in [0.1, 0.15) is 12.4 Å². The second kappa shape index (κ2) is 4.78. The summed E-state index contributed by atoms with van der Waals surface area (Å²) in [6, 6.07) is 4.03. The summed E-state index contributed by atoms with van der Waals surface area (Å²) in [6.07, 6.45) is 0. The molecule has 0 saturated heterocycles. The van der Waals surface area contributed by atoms with Crippen molar-refractivity contribution >= 4 is 5.97 Å². The van der Waals surface area contributed by atoms with Crippen LogP contribution in [0.4, 0.5) is 0 Å². The molecule has 1 aromatic rings. The summed E-state index contributed by atoms with van der Waals surface area (Å²) in [4.78, 5) is 11.0. The zero-order valence-electron chi connectivity index (χ0n) is 11.1. The third-order valence-electron chi connectivity index (χ3n) is 2.93. The zero-order chi connectivity index (χ0) is 13.2. The molecule has 94 valence electrons. The first kappa shape index (κ1) is 13.6. The molecule has 0 unspecified atom stereocenters. The average molecular weight is 236 g/mol. The monoisotopic (exact) mass is 236 g/mol. The lowest BCUT2D eigenvalue weighted by molar-refractivity contribution is -0.148. The van der Waals surface area contributed by atoms with Gasteiger partial charge < -0.3 is 9.84 Å². The molecule has 3 nitrogen and oxygen atoms in total. The number of ether oxygens (including phenoxy) is 1. The predicted molar refractivity (Wildman–Crippen MR) is 67.6 cm³/mol. The minimum Gasteiger partial charge on any atom is -0.492 e. The van der Waals surface area contributed by atoms with E-state index in [1.54, 1.807) is 13.8 Å². The van der Waals surface area contributed by atoms with E-state index >= 15 is 0 Å². The molecule has 0 aliphatic carbocycles. The van der Waals surface area contributed by atoms with Gasteiger partial charge in [-0.05, 0) is 57.4 Å². The largest absolute Gasteiger partial charge is 0.492 e. The molecule has 0 aliphatic heterocycles. The van der Waals surface area contributed by atoms with Gasteiger partial charge >= 0.3 is 5.97 Å². The van der Waals surface area contributed by atoms with Crippen LogP contribution in [0.3, 0.4) is 0 Å². The lowest BCUT2D eigenvalue weighted by Gasteiger charge is -2.21. The fourth-order valence-corrected chi connectivity index (χ4v) is 1.47. The zero-order valence-corrected chi connectivity index (χ0v) is 11.1. The molecule has 1 rings (SSSR count). The number of hydrogen-bond acceptors (Lipinski definition) is 2. The van der Waals surface area contributed by atoms with Crippen molar-refractivity contribution in [1.29, 1.82) is 0 Å². The number of benzene rings is 1. The van der Waals surface area contributed by atoms with Crippen LogP contribution >= 0.6 is 0 Å². The number of carbonyl (C=O) groups is 1. The molecule has 0 atom stereocenters. The van der Waals surface area contributed by atoms with Gasteiger partial charge in [-0.1, -0.05) is 6.07 Å². The van der Waals surface area contributed by atoms with Crippen molar-refractivity contribution in [3.8, 4) is 5.75 Å². The second-order valence-electron chi connectivity index (χ2n) is 5.18. The quantitative estimate of drug-likeness (QED) is 0.873. The molecule has 1 aromatic carbocycles. The highest BCUT2D eigenvalue weighted by Gasteiger charge is 2.28. The molecule has 0 aliphatic rings. The van der Waals surface area contributed by atoms with E-state index in [-0.39, 0.29) is 6.61 Å². The molecular weight excluding hydrogens is 216 g/mol. The smallest absolute Gasteiger partial charge is 0.312 e. The van der Waals surface area contributed by atoms with Crippen LogP contribution in [-0.4, -0.2) is 17.7 Å². The third-order valence-corrected chi connectivity index (χ3v) is 2.93. The van der Waals surface area contributed by atoms with Crippen LogP contribution in [0.1, 0.15) is 30.5 Å². The van der Waals surface area contributed by atoms with E-state index in [4.69, 9.17) is 9.84 Å². The molecule has 3 heteroatoms. The lowest BCUT2D eigenvalue weighted by Crippen LogP contribution is -2.30. The molecule has 0 radical (unpaired) electrons. The van der Waals surface area contributed by atoms with Crippen molar-refractivity contribution < 1.29 is 14.6 Å². The Hall–Kier alpha value is -1.51. The molecular formula is C14H20O3. The van der Waals surface area contributed by atoms with Crippen LogP contribution in [0.5, 0.6) is 5.75 Å². The van der Waals surface area contributed by atoms with E-state index in [1.165, 1.54) is 0 Å². The first-order valence-corrected chi connectivity index (χ1v) is 5.68.